The standard InChI is InChI=1S/C6H11NO2/c8-5-7-3-1-2-6-4-9-6/h5-6H,1-4H2,(H,7,8). The van der Waals surface area contributed by atoms with Gasteiger partial charge >= 0.3 is 0 Å². The van der Waals surface area contributed by atoms with Gasteiger partial charge in [-0.3, -0.25) is 4.79 Å². The molecule has 1 N–H and O–H groups in total. The first-order valence-corrected chi connectivity index (χ1v) is 3.22. The maximum atomic E-state index is 9.72. The van der Waals surface area contributed by atoms with Crippen molar-refractivity contribution in [1.82, 2.24) is 5.32 Å². The Morgan fingerprint density at radius 1 is 1.78 bits per heavy atom. The summed E-state index contributed by atoms with van der Waals surface area (Å²) in [5.74, 6) is 0. The van der Waals surface area contributed by atoms with Crippen molar-refractivity contribution >= 4 is 6.41 Å². The van der Waals surface area contributed by atoms with E-state index < -0.39 is 0 Å². The molecule has 0 spiro atoms. The zero-order valence-electron chi connectivity index (χ0n) is 5.30. The van der Waals surface area contributed by atoms with Crippen LogP contribution in [0.4, 0.5) is 0 Å². The first kappa shape index (κ1) is 6.55. The highest BCUT2D eigenvalue weighted by Crippen LogP contribution is 2.14. The molecule has 1 aliphatic rings. The van der Waals surface area contributed by atoms with Gasteiger partial charge in [0.25, 0.3) is 0 Å². The van der Waals surface area contributed by atoms with Crippen LogP contribution in [0.15, 0.2) is 0 Å². The Balaban J connectivity index is 1.75. The summed E-state index contributed by atoms with van der Waals surface area (Å²) in [4.78, 5) is 9.72. The Labute approximate surface area is 54.4 Å². The first-order chi connectivity index (χ1) is 4.43. The number of rotatable bonds is 5. The molecule has 0 aromatic carbocycles. The van der Waals surface area contributed by atoms with Crippen LogP contribution in [0, 0.1) is 0 Å². The maximum absolute atomic E-state index is 9.72. The fraction of sp³-hybridized carbons (Fsp3) is 0.833. The molecule has 1 rings (SSSR count). The molecular weight excluding hydrogens is 118 g/mol. The van der Waals surface area contributed by atoms with Gasteiger partial charge in [-0.2, -0.15) is 0 Å². The van der Waals surface area contributed by atoms with Gasteiger partial charge in [-0.15, -0.1) is 0 Å². The van der Waals surface area contributed by atoms with Crippen LogP contribution in [-0.4, -0.2) is 25.7 Å². The molecule has 1 unspecified atom stereocenters. The van der Waals surface area contributed by atoms with Crippen molar-refractivity contribution in [3.8, 4) is 0 Å². The van der Waals surface area contributed by atoms with Gasteiger partial charge in [0.15, 0.2) is 0 Å². The zero-order chi connectivity index (χ0) is 6.53. The minimum atomic E-state index is 0.499. The predicted octanol–water partition coefficient (Wildman–Crippen LogP) is -0.0886. The predicted molar refractivity (Wildman–Crippen MR) is 33.0 cm³/mol. The summed E-state index contributed by atoms with van der Waals surface area (Å²) in [6.07, 6.45) is 3.34. The lowest BCUT2D eigenvalue weighted by Crippen LogP contribution is -2.12. The lowest BCUT2D eigenvalue weighted by molar-refractivity contribution is -0.109. The second-order valence-corrected chi connectivity index (χ2v) is 2.17. The van der Waals surface area contributed by atoms with Crippen LogP contribution < -0.4 is 5.32 Å². The Morgan fingerprint density at radius 3 is 3.11 bits per heavy atom. The number of ether oxygens (including phenoxy) is 1. The van der Waals surface area contributed by atoms with Gasteiger partial charge in [0.05, 0.1) is 12.7 Å². The van der Waals surface area contributed by atoms with E-state index in [-0.39, 0.29) is 0 Å². The van der Waals surface area contributed by atoms with Gasteiger partial charge in [0.1, 0.15) is 0 Å². The smallest absolute Gasteiger partial charge is 0.207 e. The molecule has 1 fully saturated rings. The second-order valence-electron chi connectivity index (χ2n) is 2.17. The number of carbonyl (C=O) groups is 1. The van der Waals surface area contributed by atoms with E-state index in [1.165, 1.54) is 0 Å². The molecule has 52 valence electrons. The van der Waals surface area contributed by atoms with Crippen molar-refractivity contribution in [1.29, 1.82) is 0 Å². The van der Waals surface area contributed by atoms with E-state index in [4.69, 9.17) is 4.74 Å². The van der Waals surface area contributed by atoms with Crippen molar-refractivity contribution < 1.29 is 9.53 Å². The number of carbonyl (C=O) groups excluding carboxylic acids is 1. The van der Waals surface area contributed by atoms with E-state index in [1.54, 1.807) is 0 Å². The Morgan fingerprint density at radius 2 is 2.56 bits per heavy atom. The highest BCUT2D eigenvalue weighted by molar-refractivity contribution is 5.45. The summed E-state index contributed by atoms with van der Waals surface area (Å²) in [7, 11) is 0. The average molecular weight is 129 g/mol. The quantitative estimate of drug-likeness (QED) is 0.320. The molecule has 1 saturated heterocycles. The highest BCUT2D eigenvalue weighted by atomic mass is 16.6. The van der Waals surface area contributed by atoms with Gasteiger partial charge in [-0.25, -0.2) is 0 Å². The summed E-state index contributed by atoms with van der Waals surface area (Å²) in [5.41, 5.74) is 0. The van der Waals surface area contributed by atoms with Crippen molar-refractivity contribution in [2.24, 2.45) is 0 Å². The van der Waals surface area contributed by atoms with E-state index in [9.17, 15) is 4.79 Å². The molecular formula is C6H11NO2. The molecule has 1 amide bonds. The fourth-order valence-electron chi connectivity index (χ4n) is 0.725. The number of hydrogen-bond donors (Lipinski definition) is 1. The van der Waals surface area contributed by atoms with Crippen LogP contribution in [0.5, 0.6) is 0 Å². The molecule has 1 heterocycles. The SMILES string of the molecule is O=CNCCCC1CO1. The number of nitrogens with one attached hydrogen (secondary N) is 1. The van der Waals surface area contributed by atoms with Crippen molar-refractivity contribution in [3.63, 3.8) is 0 Å². The minimum Gasteiger partial charge on any atom is -0.373 e. The van der Waals surface area contributed by atoms with Crippen LogP contribution in [0.2, 0.25) is 0 Å². The zero-order valence-corrected chi connectivity index (χ0v) is 5.30. The normalized spacial score (nSPS) is 23.3. The topological polar surface area (TPSA) is 41.6 Å². The highest BCUT2D eigenvalue weighted by Gasteiger charge is 2.20. The van der Waals surface area contributed by atoms with Gasteiger partial charge in [-0.05, 0) is 12.8 Å². The molecule has 9 heavy (non-hydrogen) atoms. The van der Waals surface area contributed by atoms with Gasteiger partial charge < -0.3 is 10.1 Å². The van der Waals surface area contributed by atoms with E-state index in [1.807, 2.05) is 0 Å². The third kappa shape index (κ3) is 3.08. The summed E-state index contributed by atoms with van der Waals surface area (Å²) in [5, 5.41) is 2.60. The molecule has 0 bridgehead atoms. The Kier molecular flexibility index (Phi) is 2.51. The molecule has 0 aliphatic carbocycles. The molecule has 1 atom stereocenters. The number of hydrogen-bond acceptors (Lipinski definition) is 2. The monoisotopic (exact) mass is 129 g/mol. The summed E-state index contributed by atoms with van der Waals surface area (Å²) in [6, 6.07) is 0. The molecule has 0 radical (unpaired) electrons. The van der Waals surface area contributed by atoms with Crippen LogP contribution in [0.1, 0.15) is 12.8 Å². The summed E-state index contributed by atoms with van der Waals surface area (Å²) >= 11 is 0. The van der Waals surface area contributed by atoms with Gasteiger partial charge in [0.2, 0.25) is 6.41 Å². The molecule has 1 aliphatic heterocycles. The van der Waals surface area contributed by atoms with Crippen LogP contribution in [0.3, 0.4) is 0 Å². The Bertz CT molecular complexity index is 91.1. The average Bonchev–Trinajstić information content (AvgIpc) is 2.63. The van der Waals surface area contributed by atoms with Crippen LogP contribution >= 0.6 is 0 Å². The minimum absolute atomic E-state index is 0.499. The van der Waals surface area contributed by atoms with E-state index >= 15 is 0 Å². The lowest BCUT2D eigenvalue weighted by Gasteiger charge is -1.93. The second kappa shape index (κ2) is 3.45. The van der Waals surface area contributed by atoms with E-state index in [0.29, 0.717) is 6.10 Å². The summed E-state index contributed by atoms with van der Waals surface area (Å²) in [6.45, 7) is 1.70. The molecule has 0 saturated carbocycles. The van der Waals surface area contributed by atoms with E-state index in [0.717, 1.165) is 32.4 Å². The van der Waals surface area contributed by atoms with Gasteiger partial charge in [-0.1, -0.05) is 0 Å². The lowest BCUT2D eigenvalue weighted by atomic mass is 10.2. The largest absolute Gasteiger partial charge is 0.373 e. The van der Waals surface area contributed by atoms with E-state index in [2.05, 4.69) is 5.32 Å². The molecule has 0 aromatic heterocycles. The third-order valence-electron chi connectivity index (χ3n) is 1.33. The number of amides is 1. The van der Waals surface area contributed by atoms with Crippen molar-refractivity contribution in [2.75, 3.05) is 13.2 Å². The summed E-state index contributed by atoms with van der Waals surface area (Å²) < 4.78 is 4.97. The Hall–Kier alpha value is -0.570. The first-order valence-electron chi connectivity index (χ1n) is 3.22. The number of epoxide rings is 1. The van der Waals surface area contributed by atoms with Gasteiger partial charge in [0, 0.05) is 6.54 Å². The fourth-order valence-corrected chi connectivity index (χ4v) is 0.725. The maximum Gasteiger partial charge on any atom is 0.207 e. The van der Waals surface area contributed by atoms with Crippen LogP contribution in [-0.2, 0) is 9.53 Å². The van der Waals surface area contributed by atoms with Crippen molar-refractivity contribution in [2.45, 2.75) is 18.9 Å². The third-order valence-corrected chi connectivity index (χ3v) is 1.33. The van der Waals surface area contributed by atoms with Crippen LogP contribution in [0.25, 0.3) is 0 Å². The molecule has 3 nitrogen and oxygen atoms in total. The molecule has 3 heteroatoms. The molecule has 0 aromatic rings. The van der Waals surface area contributed by atoms with Crippen molar-refractivity contribution in [3.05, 3.63) is 0 Å².